The van der Waals surface area contributed by atoms with Gasteiger partial charge in [-0.15, -0.1) is 0 Å². The topological polar surface area (TPSA) is 78.5 Å². The number of hydrogen-bond donors (Lipinski definition) is 2. The van der Waals surface area contributed by atoms with E-state index >= 15 is 0 Å². The van der Waals surface area contributed by atoms with Gasteiger partial charge in [-0.1, -0.05) is 13.8 Å². The molecule has 0 aromatic carbocycles. The predicted octanol–water partition coefficient (Wildman–Crippen LogP) is -0.362. The molecule has 18 heavy (non-hydrogen) atoms. The normalized spacial score (nSPS) is 19.1. The first-order valence-corrected chi connectivity index (χ1v) is 6.13. The maximum Gasteiger partial charge on any atom is 0.252 e. The van der Waals surface area contributed by atoms with Gasteiger partial charge >= 0.3 is 0 Å². The zero-order chi connectivity index (χ0) is 13.9. The van der Waals surface area contributed by atoms with Crippen LogP contribution in [0.1, 0.15) is 34.1 Å². The van der Waals surface area contributed by atoms with Crippen molar-refractivity contribution < 1.29 is 14.4 Å². The minimum atomic E-state index is -0.969. The van der Waals surface area contributed by atoms with Gasteiger partial charge in [-0.25, -0.2) is 0 Å². The molecule has 6 nitrogen and oxygen atoms in total. The van der Waals surface area contributed by atoms with Crippen molar-refractivity contribution in [1.29, 1.82) is 0 Å². The SMILES string of the molecule is CC(C)NCCC(=O)N1CC(=O)NC(=O)C1(C)C. The molecule has 0 bridgehead atoms. The van der Waals surface area contributed by atoms with Gasteiger partial charge in [0.1, 0.15) is 12.1 Å². The molecule has 1 heterocycles. The molecule has 0 radical (unpaired) electrons. The molecule has 0 atom stereocenters. The molecule has 0 aromatic heterocycles. The molecule has 0 unspecified atom stereocenters. The Bertz CT molecular complexity index is 364. The first kappa shape index (κ1) is 14.6. The molecule has 2 N–H and O–H groups in total. The van der Waals surface area contributed by atoms with Gasteiger partial charge in [0.25, 0.3) is 5.91 Å². The van der Waals surface area contributed by atoms with Crippen LogP contribution in [-0.4, -0.2) is 47.3 Å². The van der Waals surface area contributed by atoms with Gasteiger partial charge in [0, 0.05) is 19.0 Å². The Hall–Kier alpha value is -1.43. The number of carbonyl (C=O) groups excluding carboxylic acids is 3. The summed E-state index contributed by atoms with van der Waals surface area (Å²) in [4.78, 5) is 36.4. The highest BCUT2D eigenvalue weighted by atomic mass is 16.2. The third kappa shape index (κ3) is 3.29. The molecule has 1 saturated heterocycles. The Morgan fingerprint density at radius 3 is 2.61 bits per heavy atom. The predicted molar refractivity (Wildman–Crippen MR) is 66.7 cm³/mol. The molecule has 1 fully saturated rings. The van der Waals surface area contributed by atoms with Crippen LogP contribution >= 0.6 is 0 Å². The Labute approximate surface area is 107 Å². The Kier molecular flexibility index (Phi) is 4.45. The number of piperazine rings is 1. The average Bonchev–Trinajstić information content (AvgIpc) is 2.23. The van der Waals surface area contributed by atoms with Crippen molar-refractivity contribution in [2.24, 2.45) is 0 Å². The molecule has 1 aliphatic rings. The molecular formula is C12H21N3O3. The summed E-state index contributed by atoms with van der Waals surface area (Å²) in [7, 11) is 0. The van der Waals surface area contributed by atoms with Gasteiger partial charge < -0.3 is 10.2 Å². The van der Waals surface area contributed by atoms with Gasteiger partial charge in [0.05, 0.1) is 0 Å². The maximum absolute atomic E-state index is 12.0. The van der Waals surface area contributed by atoms with Gasteiger partial charge in [-0.3, -0.25) is 19.7 Å². The van der Waals surface area contributed by atoms with E-state index in [0.29, 0.717) is 12.6 Å². The summed E-state index contributed by atoms with van der Waals surface area (Å²) in [6, 6.07) is 0.303. The van der Waals surface area contributed by atoms with Crippen molar-refractivity contribution in [3.05, 3.63) is 0 Å². The summed E-state index contributed by atoms with van der Waals surface area (Å²) in [6.07, 6.45) is 0.280. The Balaban J connectivity index is 2.64. The van der Waals surface area contributed by atoms with E-state index < -0.39 is 17.4 Å². The number of nitrogens with zero attached hydrogens (tertiary/aromatic N) is 1. The lowest BCUT2D eigenvalue weighted by Crippen LogP contribution is -2.65. The Morgan fingerprint density at radius 1 is 1.44 bits per heavy atom. The van der Waals surface area contributed by atoms with E-state index in [1.54, 1.807) is 13.8 Å². The highest BCUT2D eigenvalue weighted by Gasteiger charge is 2.43. The second kappa shape index (κ2) is 5.48. The summed E-state index contributed by atoms with van der Waals surface area (Å²) in [5, 5.41) is 5.37. The molecule has 3 amide bonds. The van der Waals surface area contributed by atoms with Crippen molar-refractivity contribution in [2.45, 2.75) is 45.7 Å². The lowest BCUT2D eigenvalue weighted by molar-refractivity contribution is -0.155. The fourth-order valence-electron chi connectivity index (χ4n) is 1.79. The molecule has 0 aliphatic carbocycles. The van der Waals surface area contributed by atoms with E-state index in [1.165, 1.54) is 4.90 Å². The number of nitrogens with one attached hydrogen (secondary N) is 2. The lowest BCUT2D eigenvalue weighted by atomic mass is 9.98. The van der Waals surface area contributed by atoms with E-state index in [2.05, 4.69) is 10.6 Å². The van der Waals surface area contributed by atoms with Crippen LogP contribution in [0.25, 0.3) is 0 Å². The van der Waals surface area contributed by atoms with Crippen LogP contribution < -0.4 is 10.6 Å². The monoisotopic (exact) mass is 255 g/mol. The van der Waals surface area contributed by atoms with Crippen molar-refractivity contribution >= 4 is 17.7 Å². The quantitative estimate of drug-likeness (QED) is 0.672. The zero-order valence-electron chi connectivity index (χ0n) is 11.4. The standard InChI is InChI=1S/C12H21N3O3/c1-8(2)13-6-5-10(17)15-7-9(16)14-11(18)12(15,3)4/h8,13H,5-7H2,1-4H3,(H,14,16,18). The number of amides is 3. The Morgan fingerprint density at radius 2 is 2.06 bits per heavy atom. The van der Waals surface area contributed by atoms with E-state index in [9.17, 15) is 14.4 Å². The fourth-order valence-corrected chi connectivity index (χ4v) is 1.79. The van der Waals surface area contributed by atoms with Crippen LogP contribution in [0, 0.1) is 0 Å². The maximum atomic E-state index is 12.0. The summed E-state index contributed by atoms with van der Waals surface area (Å²) in [5.41, 5.74) is -0.969. The fraction of sp³-hybridized carbons (Fsp3) is 0.750. The van der Waals surface area contributed by atoms with Crippen molar-refractivity contribution in [3.8, 4) is 0 Å². The van der Waals surface area contributed by atoms with Crippen LogP contribution in [0.2, 0.25) is 0 Å². The van der Waals surface area contributed by atoms with Gasteiger partial charge in [-0.2, -0.15) is 0 Å². The molecule has 0 spiro atoms. The summed E-state index contributed by atoms with van der Waals surface area (Å²) in [5.74, 6) is -1.04. The lowest BCUT2D eigenvalue weighted by Gasteiger charge is -2.40. The van der Waals surface area contributed by atoms with Gasteiger partial charge in [0.2, 0.25) is 11.8 Å². The first-order valence-electron chi connectivity index (χ1n) is 6.13. The molecule has 1 aliphatic heterocycles. The molecule has 0 saturated carbocycles. The summed E-state index contributed by atoms with van der Waals surface area (Å²) < 4.78 is 0. The minimum Gasteiger partial charge on any atom is -0.319 e. The number of hydrogen-bond acceptors (Lipinski definition) is 4. The largest absolute Gasteiger partial charge is 0.319 e. The molecule has 6 heteroatoms. The van der Waals surface area contributed by atoms with Crippen molar-refractivity contribution in [3.63, 3.8) is 0 Å². The van der Waals surface area contributed by atoms with E-state index in [4.69, 9.17) is 0 Å². The molecule has 1 rings (SSSR count). The smallest absolute Gasteiger partial charge is 0.252 e. The molecular weight excluding hydrogens is 234 g/mol. The highest BCUT2D eigenvalue weighted by molar-refractivity contribution is 6.06. The van der Waals surface area contributed by atoms with E-state index in [-0.39, 0.29) is 18.9 Å². The van der Waals surface area contributed by atoms with Crippen molar-refractivity contribution in [1.82, 2.24) is 15.5 Å². The van der Waals surface area contributed by atoms with E-state index in [1.807, 2.05) is 13.8 Å². The summed E-state index contributed by atoms with van der Waals surface area (Å²) >= 11 is 0. The summed E-state index contributed by atoms with van der Waals surface area (Å²) in [6.45, 7) is 7.75. The van der Waals surface area contributed by atoms with Crippen LogP contribution in [-0.2, 0) is 14.4 Å². The van der Waals surface area contributed by atoms with Crippen LogP contribution in [0.3, 0.4) is 0 Å². The van der Waals surface area contributed by atoms with Crippen LogP contribution in [0.15, 0.2) is 0 Å². The van der Waals surface area contributed by atoms with Crippen LogP contribution in [0.5, 0.6) is 0 Å². The zero-order valence-corrected chi connectivity index (χ0v) is 11.4. The number of carbonyl (C=O) groups is 3. The highest BCUT2D eigenvalue weighted by Crippen LogP contribution is 2.18. The van der Waals surface area contributed by atoms with Crippen molar-refractivity contribution in [2.75, 3.05) is 13.1 Å². The first-order chi connectivity index (χ1) is 8.25. The molecule has 102 valence electrons. The second-order valence-electron chi connectivity index (χ2n) is 5.28. The average molecular weight is 255 g/mol. The third-order valence-electron chi connectivity index (χ3n) is 2.98. The minimum absolute atomic E-state index is 0.0563. The molecule has 0 aromatic rings. The number of imide groups is 1. The second-order valence-corrected chi connectivity index (χ2v) is 5.28. The number of rotatable bonds is 4. The van der Waals surface area contributed by atoms with Gasteiger partial charge in [0.15, 0.2) is 0 Å². The third-order valence-corrected chi connectivity index (χ3v) is 2.98. The van der Waals surface area contributed by atoms with E-state index in [0.717, 1.165) is 0 Å². The van der Waals surface area contributed by atoms with Crippen LogP contribution in [0.4, 0.5) is 0 Å². The van der Waals surface area contributed by atoms with Gasteiger partial charge in [-0.05, 0) is 13.8 Å².